The van der Waals surface area contributed by atoms with Crippen molar-refractivity contribution >= 4 is 109 Å². The Morgan fingerprint density at radius 3 is 1.75 bits per heavy atom. The Balaban J connectivity index is 1.12. The van der Waals surface area contributed by atoms with Crippen LogP contribution in [0.4, 0.5) is 0 Å². The molecule has 0 fully saturated rings. The minimum atomic E-state index is 0.557. The van der Waals surface area contributed by atoms with Gasteiger partial charge in [0, 0.05) is 43.6 Å². The molecule has 5 nitrogen and oxygen atoms in total. The highest BCUT2D eigenvalue weighted by Gasteiger charge is 2.24. The molecule has 4 heterocycles. The van der Waals surface area contributed by atoms with Gasteiger partial charge in [0.15, 0.2) is 0 Å². The molecule has 0 radical (unpaired) electrons. The fourth-order valence-electron chi connectivity index (χ4n) is 10.3. The van der Waals surface area contributed by atoms with Crippen molar-refractivity contribution in [3.8, 4) is 22.9 Å². The van der Waals surface area contributed by atoms with Crippen molar-refractivity contribution in [1.29, 1.82) is 0 Å². The molecule has 0 saturated heterocycles. The number of hydrogen-bond acceptors (Lipinski definition) is 3. The van der Waals surface area contributed by atoms with Crippen LogP contribution in [0.3, 0.4) is 0 Å². The Labute approximate surface area is 347 Å². The SMILES string of the molecule is c1ccc(-n2c3ccccc3c3cc(-c4nc(-n5c6cc7ccccc7cc6c6c7c8ccccc8c8ccccc8c7ccc65)nc5oc6ccccc6c45)ccc32)cc1. The van der Waals surface area contributed by atoms with Gasteiger partial charge in [-0.15, -0.1) is 0 Å². The summed E-state index contributed by atoms with van der Waals surface area (Å²) in [6.07, 6.45) is 0. The fourth-order valence-corrected chi connectivity index (χ4v) is 10.3. The number of para-hydroxylation sites is 3. The lowest BCUT2D eigenvalue weighted by Gasteiger charge is -2.13. The van der Waals surface area contributed by atoms with Gasteiger partial charge in [-0.1, -0.05) is 140 Å². The van der Waals surface area contributed by atoms with Crippen molar-refractivity contribution in [3.05, 3.63) is 194 Å². The van der Waals surface area contributed by atoms with Gasteiger partial charge in [0.1, 0.15) is 5.58 Å². The second kappa shape index (κ2) is 12.1. The maximum absolute atomic E-state index is 6.67. The van der Waals surface area contributed by atoms with Crippen LogP contribution in [0.15, 0.2) is 199 Å². The van der Waals surface area contributed by atoms with Crippen LogP contribution in [-0.4, -0.2) is 19.1 Å². The number of rotatable bonds is 3. The molecule has 61 heavy (non-hydrogen) atoms. The third kappa shape index (κ3) is 4.49. The predicted molar refractivity (Wildman–Crippen MR) is 253 cm³/mol. The molecule has 282 valence electrons. The zero-order valence-corrected chi connectivity index (χ0v) is 32.7. The quantitative estimate of drug-likeness (QED) is 0.168. The maximum Gasteiger partial charge on any atom is 0.238 e. The molecule has 0 aliphatic carbocycles. The van der Waals surface area contributed by atoms with E-state index >= 15 is 0 Å². The summed E-state index contributed by atoms with van der Waals surface area (Å²) in [5.41, 5.74) is 8.68. The molecular formula is C56H32N4O. The topological polar surface area (TPSA) is 48.8 Å². The van der Waals surface area contributed by atoms with E-state index in [1.807, 2.05) is 12.1 Å². The van der Waals surface area contributed by atoms with Crippen molar-refractivity contribution in [2.75, 3.05) is 0 Å². The molecule has 0 spiro atoms. The first-order valence-corrected chi connectivity index (χ1v) is 20.7. The summed E-state index contributed by atoms with van der Waals surface area (Å²) >= 11 is 0. The first-order valence-electron chi connectivity index (χ1n) is 20.7. The summed E-state index contributed by atoms with van der Waals surface area (Å²) in [6.45, 7) is 0. The largest absolute Gasteiger partial charge is 0.437 e. The Morgan fingerprint density at radius 2 is 0.951 bits per heavy atom. The summed E-state index contributed by atoms with van der Waals surface area (Å²) in [7, 11) is 0. The van der Waals surface area contributed by atoms with E-state index in [0.717, 1.165) is 71.5 Å². The summed E-state index contributed by atoms with van der Waals surface area (Å²) in [4.78, 5) is 11.0. The van der Waals surface area contributed by atoms with Crippen LogP contribution < -0.4 is 0 Å². The Bertz CT molecular complexity index is 4140. The molecule has 5 heteroatoms. The van der Waals surface area contributed by atoms with Crippen LogP contribution in [0.5, 0.6) is 0 Å². The average molecular weight is 777 g/mol. The summed E-state index contributed by atoms with van der Waals surface area (Å²) in [5.74, 6) is 0.563. The number of hydrogen-bond donors (Lipinski definition) is 0. The Hall–Kier alpha value is -8.28. The average Bonchev–Trinajstić information content (AvgIpc) is 3.98. The van der Waals surface area contributed by atoms with Gasteiger partial charge < -0.3 is 8.98 Å². The van der Waals surface area contributed by atoms with E-state index in [9.17, 15) is 0 Å². The molecule has 0 aliphatic rings. The van der Waals surface area contributed by atoms with Gasteiger partial charge in [0.05, 0.1) is 33.1 Å². The fraction of sp³-hybridized carbons (Fsp3) is 0. The molecule has 14 aromatic rings. The summed E-state index contributed by atoms with van der Waals surface area (Å²) < 4.78 is 11.3. The standard InChI is InChI=1S/C56H32N4O/c1-2-16-36(17-3-1)59-46-24-12-10-21-40(46)44-31-35(26-28-47(44)59)54-53-43-23-11-13-25-50(43)61-55(53)58-56(57-54)60-48-29-27-42-39-20-7-6-18-37(39)38-19-8-9-22-41(38)51(42)52(48)45-30-33-14-4-5-15-34(33)32-49(45)60/h1-32H. The monoisotopic (exact) mass is 776 g/mol. The van der Waals surface area contributed by atoms with Crippen LogP contribution in [0.2, 0.25) is 0 Å². The zero-order valence-electron chi connectivity index (χ0n) is 32.7. The maximum atomic E-state index is 6.67. The normalized spacial score (nSPS) is 12.3. The highest BCUT2D eigenvalue weighted by molar-refractivity contribution is 6.35. The summed E-state index contributed by atoms with van der Waals surface area (Å²) in [6, 6.07) is 69.6. The van der Waals surface area contributed by atoms with Crippen molar-refractivity contribution < 1.29 is 4.42 Å². The van der Waals surface area contributed by atoms with Gasteiger partial charge in [-0.2, -0.15) is 4.98 Å². The third-order valence-corrected chi connectivity index (χ3v) is 12.9. The van der Waals surface area contributed by atoms with Gasteiger partial charge in [-0.3, -0.25) is 4.57 Å². The smallest absolute Gasteiger partial charge is 0.238 e. The van der Waals surface area contributed by atoms with Gasteiger partial charge in [0.25, 0.3) is 0 Å². The highest BCUT2D eigenvalue weighted by Crippen LogP contribution is 2.45. The van der Waals surface area contributed by atoms with Crippen molar-refractivity contribution in [3.63, 3.8) is 0 Å². The van der Waals surface area contributed by atoms with Crippen LogP contribution in [-0.2, 0) is 0 Å². The summed E-state index contributed by atoms with van der Waals surface area (Å²) in [5, 5.41) is 16.4. The van der Waals surface area contributed by atoms with E-state index < -0.39 is 0 Å². The van der Waals surface area contributed by atoms with Crippen molar-refractivity contribution in [2.45, 2.75) is 0 Å². The molecule has 0 N–H and O–H groups in total. The second-order valence-electron chi connectivity index (χ2n) is 16.1. The molecule has 0 unspecified atom stereocenters. The Morgan fingerprint density at radius 1 is 0.344 bits per heavy atom. The van der Waals surface area contributed by atoms with Crippen LogP contribution in [0.1, 0.15) is 0 Å². The number of aromatic nitrogens is 4. The number of benzene rings is 10. The molecule has 4 aromatic heterocycles. The lowest BCUT2D eigenvalue weighted by atomic mass is 9.91. The second-order valence-corrected chi connectivity index (χ2v) is 16.1. The van der Waals surface area contributed by atoms with E-state index in [1.165, 1.54) is 48.5 Å². The Kier molecular flexibility index (Phi) is 6.49. The van der Waals surface area contributed by atoms with E-state index in [0.29, 0.717) is 11.7 Å². The molecule has 0 aliphatic heterocycles. The molecule has 0 bridgehead atoms. The molecule has 14 rings (SSSR count). The number of nitrogens with zero attached hydrogens (tertiary/aromatic N) is 4. The van der Waals surface area contributed by atoms with Crippen molar-refractivity contribution in [2.24, 2.45) is 0 Å². The third-order valence-electron chi connectivity index (χ3n) is 12.9. The minimum absolute atomic E-state index is 0.557. The van der Waals surface area contributed by atoms with Crippen molar-refractivity contribution in [1.82, 2.24) is 19.1 Å². The predicted octanol–water partition coefficient (Wildman–Crippen LogP) is 14.8. The van der Waals surface area contributed by atoms with Gasteiger partial charge >= 0.3 is 0 Å². The van der Waals surface area contributed by atoms with E-state index in [2.05, 4.69) is 191 Å². The minimum Gasteiger partial charge on any atom is -0.437 e. The molecule has 0 amide bonds. The molecular weight excluding hydrogens is 745 g/mol. The highest BCUT2D eigenvalue weighted by atomic mass is 16.3. The van der Waals surface area contributed by atoms with Gasteiger partial charge in [0.2, 0.25) is 11.7 Å². The van der Waals surface area contributed by atoms with Crippen LogP contribution >= 0.6 is 0 Å². The zero-order chi connectivity index (χ0) is 39.8. The molecule has 10 aromatic carbocycles. The molecule has 0 saturated carbocycles. The number of furan rings is 1. The lowest BCUT2D eigenvalue weighted by molar-refractivity contribution is 0.651. The van der Waals surface area contributed by atoms with E-state index in [4.69, 9.17) is 14.4 Å². The van der Waals surface area contributed by atoms with E-state index in [1.54, 1.807) is 0 Å². The van der Waals surface area contributed by atoms with Gasteiger partial charge in [-0.25, -0.2) is 4.98 Å². The lowest BCUT2D eigenvalue weighted by Crippen LogP contribution is -2.03. The van der Waals surface area contributed by atoms with Crippen LogP contribution in [0, 0.1) is 0 Å². The first kappa shape index (κ1) is 32.7. The first-order chi connectivity index (χ1) is 30.3. The molecule has 0 atom stereocenters. The van der Waals surface area contributed by atoms with Gasteiger partial charge in [-0.05, 0) is 92.3 Å². The van der Waals surface area contributed by atoms with E-state index in [-0.39, 0.29) is 0 Å². The number of fused-ring (bicyclic) bond motifs is 17. The van der Waals surface area contributed by atoms with Crippen LogP contribution in [0.25, 0.3) is 132 Å².